The van der Waals surface area contributed by atoms with Crippen molar-refractivity contribution >= 4 is 21.4 Å². The Morgan fingerprint density at radius 2 is 1.69 bits per heavy atom. The molecule has 1 saturated carbocycles. The molecule has 5 rings (SSSR count). The van der Waals surface area contributed by atoms with Crippen molar-refractivity contribution < 1.29 is 31.2 Å². The highest BCUT2D eigenvalue weighted by Crippen LogP contribution is 2.32. The Kier molecular flexibility index (Phi) is 8.23. The quantitative estimate of drug-likeness (QED) is 0.276. The summed E-state index contributed by atoms with van der Waals surface area (Å²) >= 11 is 0. The zero-order valence-corrected chi connectivity index (χ0v) is 23.2. The first-order chi connectivity index (χ1) is 19.9. The topological polar surface area (TPSA) is 128 Å². The number of rotatable bonds is 8. The van der Waals surface area contributed by atoms with Crippen LogP contribution in [-0.4, -0.2) is 59.7 Å². The first-order valence-electron chi connectivity index (χ1n) is 13.3. The maximum Gasteiger partial charge on any atom is 0.416 e. The molecule has 11 nitrogen and oxygen atoms in total. The minimum absolute atomic E-state index is 0.0310. The molecule has 2 aliphatic rings. The molecular formula is C27H28F3N5O6S. The van der Waals surface area contributed by atoms with Gasteiger partial charge in [-0.05, 0) is 49.4 Å². The standard InChI is InChI=1S/C27H28F3N5O6S/c28-27(29,30)20-4-3-5-22(16-20)34-26(36)25(41-23-6-1-2-7-23)24(17-31-34)32-12-14-33(15-13-32)42(39,40)18-19-8-10-21(11-9-19)35(37)38/h3-5,8-11,16-17,23H,1-2,6-7,12-15,18H2. The predicted molar refractivity (Wildman–Crippen MR) is 147 cm³/mol. The molecule has 0 spiro atoms. The van der Waals surface area contributed by atoms with E-state index in [0.29, 0.717) is 11.3 Å². The highest BCUT2D eigenvalue weighted by molar-refractivity contribution is 7.88. The Labute approximate surface area is 239 Å². The third-order valence-corrected chi connectivity index (χ3v) is 9.24. The molecule has 15 heteroatoms. The van der Waals surface area contributed by atoms with Crippen LogP contribution in [-0.2, 0) is 22.0 Å². The Bertz CT molecular complexity index is 1610. The van der Waals surface area contributed by atoms with Gasteiger partial charge in [0.25, 0.3) is 5.69 Å². The van der Waals surface area contributed by atoms with Crippen LogP contribution < -0.4 is 15.2 Å². The Morgan fingerprint density at radius 3 is 2.31 bits per heavy atom. The van der Waals surface area contributed by atoms with Crippen molar-refractivity contribution in [1.82, 2.24) is 14.1 Å². The van der Waals surface area contributed by atoms with Crippen molar-refractivity contribution in [3.63, 3.8) is 0 Å². The van der Waals surface area contributed by atoms with Crippen LogP contribution in [0.1, 0.15) is 36.8 Å². The first kappa shape index (κ1) is 29.5. The number of nitro groups is 1. The minimum atomic E-state index is -4.60. The number of hydrogen-bond donors (Lipinski definition) is 0. The fourth-order valence-corrected chi connectivity index (χ4v) is 6.67. The highest BCUT2D eigenvalue weighted by atomic mass is 32.2. The average Bonchev–Trinajstić information content (AvgIpc) is 3.47. The van der Waals surface area contributed by atoms with Crippen molar-refractivity contribution in [2.75, 3.05) is 31.1 Å². The molecule has 224 valence electrons. The van der Waals surface area contributed by atoms with Gasteiger partial charge in [0.2, 0.25) is 15.8 Å². The van der Waals surface area contributed by atoms with Gasteiger partial charge in [-0.3, -0.25) is 14.9 Å². The summed E-state index contributed by atoms with van der Waals surface area (Å²) in [6.45, 7) is 0.647. The number of halogens is 3. The van der Waals surface area contributed by atoms with Crippen LogP contribution in [0.5, 0.6) is 5.75 Å². The third-order valence-electron chi connectivity index (χ3n) is 7.39. The number of non-ortho nitro benzene ring substituents is 1. The van der Waals surface area contributed by atoms with Crippen LogP contribution in [0.3, 0.4) is 0 Å². The van der Waals surface area contributed by atoms with Crippen LogP contribution in [0, 0.1) is 10.1 Å². The lowest BCUT2D eigenvalue weighted by atomic mass is 10.2. The lowest BCUT2D eigenvalue weighted by Crippen LogP contribution is -2.49. The summed E-state index contributed by atoms with van der Waals surface area (Å²) in [5.74, 6) is -0.355. The van der Waals surface area contributed by atoms with Gasteiger partial charge in [-0.1, -0.05) is 18.2 Å². The molecule has 0 unspecified atom stereocenters. The van der Waals surface area contributed by atoms with Crippen LogP contribution in [0.4, 0.5) is 24.5 Å². The normalized spacial score (nSPS) is 17.0. The van der Waals surface area contributed by atoms with E-state index in [1.165, 1.54) is 46.9 Å². The number of hydrogen-bond acceptors (Lipinski definition) is 8. The van der Waals surface area contributed by atoms with Gasteiger partial charge in [-0.15, -0.1) is 0 Å². The van der Waals surface area contributed by atoms with E-state index in [9.17, 15) is 36.5 Å². The molecule has 3 aromatic rings. The van der Waals surface area contributed by atoms with Crippen LogP contribution >= 0.6 is 0 Å². The number of sulfonamides is 1. The second kappa shape index (κ2) is 11.7. The Morgan fingerprint density at radius 1 is 1.02 bits per heavy atom. The van der Waals surface area contributed by atoms with Gasteiger partial charge >= 0.3 is 11.7 Å². The molecule has 1 saturated heterocycles. The fourth-order valence-electron chi connectivity index (χ4n) is 5.16. The summed E-state index contributed by atoms with van der Waals surface area (Å²) < 4.78 is 74.4. The van der Waals surface area contributed by atoms with E-state index >= 15 is 0 Å². The third kappa shape index (κ3) is 6.41. The number of anilines is 1. The van der Waals surface area contributed by atoms with Gasteiger partial charge in [-0.2, -0.15) is 27.3 Å². The molecule has 0 atom stereocenters. The summed E-state index contributed by atoms with van der Waals surface area (Å²) in [6, 6.07) is 9.64. The number of aromatic nitrogens is 2. The number of nitro benzene ring substituents is 1. The molecule has 0 N–H and O–H groups in total. The molecule has 2 fully saturated rings. The fraction of sp³-hybridized carbons (Fsp3) is 0.407. The van der Waals surface area contributed by atoms with Gasteiger partial charge < -0.3 is 9.64 Å². The number of ether oxygens (including phenoxy) is 1. The van der Waals surface area contributed by atoms with Gasteiger partial charge in [0.1, 0.15) is 5.69 Å². The summed E-state index contributed by atoms with van der Waals surface area (Å²) in [4.78, 5) is 25.7. The second-order valence-electron chi connectivity index (χ2n) is 10.2. The number of piperazine rings is 1. The predicted octanol–water partition coefficient (Wildman–Crippen LogP) is 4.13. The largest absolute Gasteiger partial charge is 0.483 e. The maximum atomic E-state index is 13.6. The molecule has 0 radical (unpaired) electrons. The lowest BCUT2D eigenvalue weighted by molar-refractivity contribution is -0.384. The first-order valence-corrected chi connectivity index (χ1v) is 15.0. The van der Waals surface area contributed by atoms with Gasteiger partial charge in [0.15, 0.2) is 0 Å². The molecule has 0 amide bonds. The van der Waals surface area contributed by atoms with Crippen molar-refractivity contribution in [1.29, 1.82) is 0 Å². The number of alkyl halides is 3. The van der Waals surface area contributed by atoms with Crippen molar-refractivity contribution in [2.45, 2.75) is 43.7 Å². The Hall–Kier alpha value is -3.98. The van der Waals surface area contributed by atoms with E-state index in [-0.39, 0.29) is 55.2 Å². The average molecular weight is 608 g/mol. The summed E-state index contributed by atoms with van der Waals surface area (Å²) in [5.41, 5.74) is -1.04. The summed E-state index contributed by atoms with van der Waals surface area (Å²) in [6.07, 6.45) is -0.124. The van der Waals surface area contributed by atoms with Gasteiger partial charge in [0.05, 0.1) is 34.2 Å². The van der Waals surface area contributed by atoms with Crippen molar-refractivity contribution in [3.05, 3.63) is 86.3 Å². The zero-order chi connectivity index (χ0) is 30.1. The molecule has 2 heterocycles. The van der Waals surface area contributed by atoms with Crippen molar-refractivity contribution in [2.24, 2.45) is 0 Å². The zero-order valence-electron chi connectivity index (χ0n) is 22.4. The van der Waals surface area contributed by atoms with Crippen LogP contribution in [0.25, 0.3) is 5.69 Å². The van der Waals surface area contributed by atoms with Crippen LogP contribution in [0.15, 0.2) is 59.5 Å². The van der Waals surface area contributed by atoms with E-state index in [1.54, 1.807) is 4.90 Å². The van der Waals surface area contributed by atoms with E-state index in [2.05, 4.69) is 5.10 Å². The second-order valence-corrected chi connectivity index (χ2v) is 12.2. The van der Waals surface area contributed by atoms with E-state index < -0.39 is 32.2 Å². The van der Waals surface area contributed by atoms with E-state index in [4.69, 9.17) is 4.74 Å². The SMILES string of the molecule is O=c1c(OC2CCCC2)c(N2CCN(S(=O)(=O)Cc3ccc([N+](=O)[O-])cc3)CC2)cnn1-c1cccc(C(F)(F)F)c1. The molecule has 2 aromatic carbocycles. The number of benzene rings is 2. The Balaban J connectivity index is 1.37. The molecule has 1 aliphatic carbocycles. The summed E-state index contributed by atoms with van der Waals surface area (Å²) in [7, 11) is -3.74. The molecular weight excluding hydrogens is 579 g/mol. The minimum Gasteiger partial charge on any atom is -0.483 e. The molecule has 1 aliphatic heterocycles. The monoisotopic (exact) mass is 607 g/mol. The molecule has 1 aromatic heterocycles. The van der Waals surface area contributed by atoms with Crippen LogP contribution in [0.2, 0.25) is 0 Å². The highest BCUT2D eigenvalue weighted by Gasteiger charge is 2.32. The van der Waals surface area contributed by atoms with Crippen molar-refractivity contribution in [3.8, 4) is 11.4 Å². The maximum absolute atomic E-state index is 13.6. The van der Waals surface area contributed by atoms with Gasteiger partial charge in [0, 0.05) is 38.3 Å². The van der Waals surface area contributed by atoms with Gasteiger partial charge in [-0.25, -0.2) is 8.42 Å². The lowest BCUT2D eigenvalue weighted by Gasteiger charge is -2.36. The van der Waals surface area contributed by atoms with E-state index in [0.717, 1.165) is 42.5 Å². The number of nitrogens with zero attached hydrogens (tertiary/aromatic N) is 5. The molecule has 0 bridgehead atoms. The molecule has 42 heavy (non-hydrogen) atoms. The summed E-state index contributed by atoms with van der Waals surface area (Å²) in [5, 5.41) is 15.0. The van der Waals surface area contributed by atoms with E-state index in [1.807, 2.05) is 0 Å². The smallest absolute Gasteiger partial charge is 0.416 e.